The van der Waals surface area contributed by atoms with E-state index >= 15 is 0 Å². The van der Waals surface area contributed by atoms with Crippen molar-refractivity contribution in [1.29, 1.82) is 0 Å². The highest BCUT2D eigenvalue weighted by molar-refractivity contribution is 5.25. The van der Waals surface area contributed by atoms with Crippen LogP contribution in [0.4, 0.5) is 0 Å². The molecule has 5 rings (SSSR count). The minimum atomic E-state index is -0.189. The summed E-state index contributed by atoms with van der Waals surface area (Å²) in [5.41, 5.74) is 3.88. The summed E-state index contributed by atoms with van der Waals surface area (Å²) in [7, 11) is 0. The molecule has 1 N–H and O–H groups in total. The average molecular weight is 637 g/mol. The van der Waals surface area contributed by atoms with Crippen LogP contribution in [0.1, 0.15) is 103 Å². The molecule has 256 valence electrons. The summed E-state index contributed by atoms with van der Waals surface area (Å²) in [6, 6.07) is 10.3. The van der Waals surface area contributed by atoms with E-state index in [1.807, 2.05) is 18.2 Å². The van der Waals surface area contributed by atoms with Crippen molar-refractivity contribution in [2.75, 3.05) is 26.4 Å². The molecule has 2 saturated heterocycles. The van der Waals surface area contributed by atoms with Crippen molar-refractivity contribution in [1.82, 2.24) is 0 Å². The number of hydrogen-bond acceptors (Lipinski definition) is 6. The molecule has 0 radical (unpaired) electrons. The molecular weight excluding hydrogens is 576 g/mol. The molecule has 0 bridgehead atoms. The molecule has 1 aromatic rings. The van der Waals surface area contributed by atoms with Crippen LogP contribution in [0.3, 0.4) is 0 Å². The largest absolute Gasteiger partial charge is 0.469 e. The number of rotatable bonds is 17. The van der Waals surface area contributed by atoms with E-state index in [2.05, 4.69) is 51.1 Å². The first kappa shape index (κ1) is 35.3. The minimum Gasteiger partial charge on any atom is -0.469 e. The van der Waals surface area contributed by atoms with Gasteiger partial charge in [0, 0.05) is 24.9 Å². The summed E-state index contributed by atoms with van der Waals surface area (Å²) in [5, 5.41) is 10.4. The van der Waals surface area contributed by atoms with Crippen LogP contribution in [0.15, 0.2) is 65.5 Å². The fraction of sp³-hybridized carbons (Fsp3) is 0.700. The third-order valence-electron chi connectivity index (χ3n) is 10.4. The summed E-state index contributed by atoms with van der Waals surface area (Å²) in [6.07, 6.45) is 19.7. The lowest BCUT2D eigenvalue weighted by atomic mass is 9.85. The number of aliphatic hydroxyl groups is 1. The molecule has 6 heteroatoms. The second-order valence-electron chi connectivity index (χ2n) is 14.4. The molecule has 0 spiro atoms. The van der Waals surface area contributed by atoms with Crippen LogP contribution in [0, 0.1) is 29.6 Å². The maximum absolute atomic E-state index is 10.4. The van der Waals surface area contributed by atoms with Crippen molar-refractivity contribution >= 4 is 0 Å². The number of aliphatic hydroxyl groups excluding tert-OH is 1. The van der Waals surface area contributed by atoms with Crippen LogP contribution in [0.5, 0.6) is 0 Å². The van der Waals surface area contributed by atoms with Gasteiger partial charge in [-0.15, -0.1) is 0 Å². The predicted octanol–water partition coefficient (Wildman–Crippen LogP) is 8.90. The Kier molecular flexibility index (Phi) is 14.3. The smallest absolute Gasteiger partial charge is 0.199 e. The first-order valence-corrected chi connectivity index (χ1v) is 18.3. The van der Waals surface area contributed by atoms with Gasteiger partial charge in [-0.25, -0.2) is 0 Å². The molecular formula is C40H60O6. The molecule has 1 aromatic carbocycles. The van der Waals surface area contributed by atoms with E-state index in [0.29, 0.717) is 31.0 Å². The zero-order chi connectivity index (χ0) is 32.1. The topological polar surface area (TPSA) is 66.4 Å². The third-order valence-corrected chi connectivity index (χ3v) is 10.4. The maximum Gasteiger partial charge on any atom is 0.199 e. The molecule has 6 nitrogen and oxygen atoms in total. The van der Waals surface area contributed by atoms with Gasteiger partial charge in [-0.3, -0.25) is 0 Å². The molecule has 5 unspecified atom stereocenters. The summed E-state index contributed by atoms with van der Waals surface area (Å²) < 4.78 is 32.0. The lowest BCUT2D eigenvalue weighted by molar-refractivity contribution is -0.201. The van der Waals surface area contributed by atoms with Crippen molar-refractivity contribution in [2.45, 2.75) is 123 Å². The molecule has 0 aromatic heterocycles. The van der Waals surface area contributed by atoms with E-state index in [1.54, 1.807) is 0 Å². The first-order valence-electron chi connectivity index (χ1n) is 18.3. The summed E-state index contributed by atoms with van der Waals surface area (Å²) in [5.74, 6) is 2.62. The van der Waals surface area contributed by atoms with Gasteiger partial charge in [0.1, 0.15) is 5.76 Å². The summed E-state index contributed by atoms with van der Waals surface area (Å²) >= 11 is 0. The molecule has 3 fully saturated rings. The molecule has 2 aliphatic heterocycles. The normalized spacial score (nSPS) is 29.6. The van der Waals surface area contributed by atoms with Gasteiger partial charge in [-0.1, -0.05) is 60.6 Å². The molecule has 2 heterocycles. The SMILES string of the molecule is CC(C)=CCC[C@@H](C)CCC=C(OC1CCCCO1)[C@H]1C2CC(C(CO)COCc3ccccc3)=CC2C[C@@H]1OC1CCCCO1. The van der Waals surface area contributed by atoms with E-state index in [0.717, 1.165) is 95.2 Å². The van der Waals surface area contributed by atoms with Crippen LogP contribution in [-0.2, 0) is 30.3 Å². The van der Waals surface area contributed by atoms with Crippen LogP contribution in [0.25, 0.3) is 0 Å². The van der Waals surface area contributed by atoms with E-state index < -0.39 is 0 Å². The van der Waals surface area contributed by atoms with Crippen molar-refractivity contribution in [3.05, 3.63) is 71.0 Å². The summed E-state index contributed by atoms with van der Waals surface area (Å²) in [4.78, 5) is 0. The van der Waals surface area contributed by atoms with Gasteiger partial charge in [0.25, 0.3) is 0 Å². The van der Waals surface area contributed by atoms with Gasteiger partial charge < -0.3 is 28.8 Å². The Bertz CT molecular complexity index is 1110. The Morgan fingerprint density at radius 2 is 1.67 bits per heavy atom. The van der Waals surface area contributed by atoms with Crippen LogP contribution in [0.2, 0.25) is 0 Å². The highest BCUT2D eigenvalue weighted by Crippen LogP contribution is 2.53. The Labute approximate surface area is 278 Å². The van der Waals surface area contributed by atoms with Gasteiger partial charge in [0.05, 0.1) is 32.5 Å². The average Bonchev–Trinajstić information content (AvgIpc) is 3.61. The van der Waals surface area contributed by atoms with Gasteiger partial charge >= 0.3 is 0 Å². The van der Waals surface area contributed by atoms with Gasteiger partial charge in [0.15, 0.2) is 12.6 Å². The van der Waals surface area contributed by atoms with Crippen molar-refractivity contribution in [3.63, 3.8) is 0 Å². The van der Waals surface area contributed by atoms with Crippen LogP contribution >= 0.6 is 0 Å². The third kappa shape index (κ3) is 10.5. The lowest BCUT2D eigenvalue weighted by Crippen LogP contribution is -2.34. The van der Waals surface area contributed by atoms with E-state index in [4.69, 9.17) is 23.7 Å². The number of benzene rings is 1. The fourth-order valence-corrected chi connectivity index (χ4v) is 7.77. The monoisotopic (exact) mass is 636 g/mol. The Morgan fingerprint density at radius 1 is 0.957 bits per heavy atom. The van der Waals surface area contributed by atoms with Crippen LogP contribution in [-0.4, -0.2) is 50.2 Å². The van der Waals surface area contributed by atoms with Crippen molar-refractivity contribution in [2.24, 2.45) is 29.6 Å². The predicted molar refractivity (Wildman–Crippen MR) is 183 cm³/mol. The highest BCUT2D eigenvalue weighted by atomic mass is 16.7. The first-order chi connectivity index (χ1) is 22.5. The lowest BCUT2D eigenvalue weighted by Gasteiger charge is -2.34. The molecule has 46 heavy (non-hydrogen) atoms. The van der Waals surface area contributed by atoms with Crippen molar-refractivity contribution in [3.8, 4) is 0 Å². The molecule has 4 aliphatic rings. The standard InChI is InChI=1S/C40H60O6/c1-29(2)13-11-14-30(3)15-12-18-36(45-38-19-7-9-21-43-38)40-35-24-32(34(26-41)28-42-27-31-16-5-4-6-17-31)23-33(35)25-37(40)46-39-20-8-10-22-44-39/h4-6,13,16-18,23,30,33-35,37-41H,7-12,14-15,19-22,24-28H2,1-3H3/t30-,33?,34?,35?,37+,38?,39?,40-/m1/s1. The van der Waals surface area contributed by atoms with E-state index in [9.17, 15) is 5.11 Å². The molecule has 8 atom stereocenters. The zero-order valence-electron chi connectivity index (χ0n) is 28.7. The zero-order valence-corrected chi connectivity index (χ0v) is 28.7. The number of ether oxygens (including phenoxy) is 5. The number of hydrogen-bond donors (Lipinski definition) is 1. The number of allylic oxidation sites excluding steroid dienone is 4. The Hall–Kier alpha value is -1.96. The second-order valence-corrected chi connectivity index (χ2v) is 14.4. The Balaban J connectivity index is 1.31. The van der Waals surface area contributed by atoms with Gasteiger partial charge in [0.2, 0.25) is 0 Å². The number of fused-ring (bicyclic) bond motifs is 1. The quantitative estimate of drug-likeness (QED) is 0.136. The molecule has 0 amide bonds. The summed E-state index contributed by atoms with van der Waals surface area (Å²) in [6.45, 7) is 9.46. The Morgan fingerprint density at radius 3 is 2.35 bits per heavy atom. The van der Waals surface area contributed by atoms with Crippen LogP contribution < -0.4 is 0 Å². The van der Waals surface area contributed by atoms with E-state index in [1.165, 1.54) is 17.6 Å². The second kappa shape index (κ2) is 18.5. The van der Waals surface area contributed by atoms with E-state index in [-0.39, 0.29) is 37.1 Å². The molecule has 2 aliphatic carbocycles. The minimum absolute atomic E-state index is 0.00712. The highest BCUT2D eigenvalue weighted by Gasteiger charge is 2.50. The maximum atomic E-state index is 10.4. The van der Waals surface area contributed by atoms with Crippen molar-refractivity contribution < 1.29 is 28.8 Å². The van der Waals surface area contributed by atoms with Gasteiger partial charge in [-0.2, -0.15) is 0 Å². The fourth-order valence-electron chi connectivity index (χ4n) is 7.77. The van der Waals surface area contributed by atoms with Gasteiger partial charge in [-0.05, 0) is 114 Å². The molecule has 1 saturated carbocycles.